The third kappa shape index (κ3) is 7.35. The number of ether oxygens (including phenoxy) is 1. The summed E-state index contributed by atoms with van der Waals surface area (Å²) in [5, 5.41) is 12.3. The van der Waals surface area contributed by atoms with Crippen LogP contribution in [-0.4, -0.2) is 12.5 Å². The van der Waals surface area contributed by atoms with Crippen molar-refractivity contribution in [3.05, 3.63) is 102 Å². The largest absolute Gasteiger partial charge is 0.487 e. The van der Waals surface area contributed by atoms with E-state index in [0.29, 0.717) is 13.2 Å². The molecule has 0 saturated heterocycles. The highest BCUT2D eigenvalue weighted by Crippen LogP contribution is 2.30. The van der Waals surface area contributed by atoms with Crippen LogP contribution in [0.1, 0.15) is 23.1 Å². The Bertz CT molecular complexity index is 1100. The van der Waals surface area contributed by atoms with Crippen LogP contribution < -0.4 is 10.1 Å². The highest BCUT2D eigenvalue weighted by Gasteiger charge is 2.12. The molecule has 3 aromatic carbocycles. The molecule has 0 aliphatic rings. The highest BCUT2D eigenvalue weighted by molar-refractivity contribution is 14.1. The van der Waals surface area contributed by atoms with Crippen LogP contribution in [-0.2, 0) is 17.8 Å². The van der Waals surface area contributed by atoms with E-state index in [9.17, 15) is 10.1 Å². The molecule has 1 amide bonds. The van der Waals surface area contributed by atoms with Crippen molar-refractivity contribution in [2.45, 2.75) is 19.4 Å². The fourth-order valence-corrected chi connectivity index (χ4v) is 5.21. The second kappa shape index (κ2) is 12.6. The molecule has 0 unspecified atom stereocenters. The third-order valence-electron chi connectivity index (χ3n) is 4.69. The second-order valence-electron chi connectivity index (χ2n) is 7.10. The van der Waals surface area contributed by atoms with Crippen LogP contribution >= 0.6 is 45.2 Å². The quantitative estimate of drug-likeness (QED) is 0.132. The van der Waals surface area contributed by atoms with Gasteiger partial charge in [-0.2, -0.15) is 5.26 Å². The van der Waals surface area contributed by atoms with E-state index in [1.807, 2.05) is 66.7 Å². The van der Waals surface area contributed by atoms with Gasteiger partial charge in [0.05, 0.1) is 7.14 Å². The van der Waals surface area contributed by atoms with Gasteiger partial charge in [0.25, 0.3) is 5.91 Å². The number of hydrogen-bond acceptors (Lipinski definition) is 3. The van der Waals surface area contributed by atoms with Crippen molar-refractivity contribution in [3.63, 3.8) is 0 Å². The number of carbonyl (C=O) groups excluding carboxylic acids is 1. The van der Waals surface area contributed by atoms with Crippen LogP contribution in [0, 0.1) is 18.5 Å². The van der Waals surface area contributed by atoms with Crippen molar-refractivity contribution in [2.24, 2.45) is 0 Å². The van der Waals surface area contributed by atoms with Gasteiger partial charge in [0.2, 0.25) is 0 Å². The molecular formula is C26H22I2N2O2. The van der Waals surface area contributed by atoms with Crippen molar-refractivity contribution < 1.29 is 9.53 Å². The van der Waals surface area contributed by atoms with Gasteiger partial charge in [-0.1, -0.05) is 60.7 Å². The maximum Gasteiger partial charge on any atom is 0.261 e. The summed E-state index contributed by atoms with van der Waals surface area (Å²) in [4.78, 5) is 12.5. The van der Waals surface area contributed by atoms with Crippen molar-refractivity contribution in [1.29, 1.82) is 5.26 Å². The minimum absolute atomic E-state index is 0.0919. The number of rotatable bonds is 9. The number of nitrogens with one attached hydrogen (secondary N) is 1. The third-order valence-corrected chi connectivity index (χ3v) is 6.30. The first-order valence-corrected chi connectivity index (χ1v) is 12.3. The van der Waals surface area contributed by atoms with Crippen LogP contribution in [0.15, 0.2) is 78.4 Å². The van der Waals surface area contributed by atoms with Crippen LogP contribution in [0.3, 0.4) is 0 Å². The monoisotopic (exact) mass is 648 g/mol. The van der Waals surface area contributed by atoms with E-state index in [1.54, 1.807) is 6.08 Å². The Morgan fingerprint density at radius 2 is 1.56 bits per heavy atom. The Morgan fingerprint density at radius 3 is 2.16 bits per heavy atom. The minimum Gasteiger partial charge on any atom is -0.487 e. The van der Waals surface area contributed by atoms with Crippen LogP contribution in [0.2, 0.25) is 0 Å². The molecule has 0 aromatic heterocycles. The normalized spacial score (nSPS) is 11.0. The van der Waals surface area contributed by atoms with E-state index in [0.717, 1.165) is 36.9 Å². The summed E-state index contributed by atoms with van der Waals surface area (Å²) in [5.74, 6) is 0.450. The van der Waals surface area contributed by atoms with Gasteiger partial charge < -0.3 is 10.1 Å². The summed E-state index contributed by atoms with van der Waals surface area (Å²) < 4.78 is 7.87. The molecule has 3 rings (SSSR count). The van der Waals surface area contributed by atoms with Gasteiger partial charge in [-0.3, -0.25) is 4.79 Å². The molecule has 0 heterocycles. The Kier molecular flexibility index (Phi) is 9.56. The Balaban J connectivity index is 1.60. The number of hydrogen-bond donors (Lipinski definition) is 1. The smallest absolute Gasteiger partial charge is 0.261 e. The summed E-state index contributed by atoms with van der Waals surface area (Å²) in [5.41, 5.74) is 3.21. The van der Waals surface area contributed by atoms with E-state index in [4.69, 9.17) is 4.74 Å². The molecular weight excluding hydrogens is 626 g/mol. The van der Waals surface area contributed by atoms with Gasteiger partial charge >= 0.3 is 0 Å². The molecule has 0 aliphatic heterocycles. The van der Waals surface area contributed by atoms with Gasteiger partial charge in [0.1, 0.15) is 24.0 Å². The molecule has 0 bridgehead atoms. The first-order chi connectivity index (χ1) is 15.6. The Morgan fingerprint density at radius 1 is 0.969 bits per heavy atom. The lowest BCUT2D eigenvalue weighted by Gasteiger charge is -2.12. The zero-order valence-electron chi connectivity index (χ0n) is 17.4. The summed E-state index contributed by atoms with van der Waals surface area (Å²) >= 11 is 4.44. The predicted octanol–water partition coefficient (Wildman–Crippen LogP) is 6.13. The molecule has 162 valence electrons. The van der Waals surface area contributed by atoms with Crippen molar-refractivity contribution in [3.8, 4) is 11.8 Å². The Hall–Kier alpha value is -2.38. The van der Waals surface area contributed by atoms with Crippen LogP contribution in [0.4, 0.5) is 0 Å². The van der Waals surface area contributed by atoms with E-state index in [2.05, 4.69) is 62.6 Å². The molecule has 0 fully saturated rings. The fourth-order valence-electron chi connectivity index (χ4n) is 3.08. The lowest BCUT2D eigenvalue weighted by atomic mass is 10.1. The van der Waals surface area contributed by atoms with Crippen LogP contribution in [0.25, 0.3) is 6.08 Å². The molecule has 3 aromatic rings. The first kappa shape index (κ1) is 24.3. The maximum atomic E-state index is 12.5. The van der Waals surface area contributed by atoms with Crippen molar-refractivity contribution in [1.82, 2.24) is 5.32 Å². The average Bonchev–Trinajstić information content (AvgIpc) is 2.81. The number of benzene rings is 3. The number of carbonyl (C=O) groups is 1. The van der Waals surface area contributed by atoms with Crippen molar-refractivity contribution in [2.75, 3.05) is 6.54 Å². The molecule has 0 atom stereocenters. The number of amides is 1. The lowest BCUT2D eigenvalue weighted by molar-refractivity contribution is -0.117. The van der Waals surface area contributed by atoms with Crippen LogP contribution in [0.5, 0.6) is 5.75 Å². The maximum absolute atomic E-state index is 12.5. The number of nitriles is 1. The van der Waals surface area contributed by atoms with Gasteiger partial charge in [0.15, 0.2) is 0 Å². The second-order valence-corrected chi connectivity index (χ2v) is 9.43. The number of nitrogens with zero attached hydrogens (tertiary/aromatic N) is 1. The van der Waals surface area contributed by atoms with E-state index in [1.165, 1.54) is 5.56 Å². The molecule has 32 heavy (non-hydrogen) atoms. The van der Waals surface area contributed by atoms with Gasteiger partial charge in [0, 0.05) is 6.54 Å². The highest BCUT2D eigenvalue weighted by atomic mass is 127. The van der Waals surface area contributed by atoms with Crippen molar-refractivity contribution >= 4 is 57.2 Å². The van der Waals surface area contributed by atoms with Gasteiger partial charge in [-0.05, 0) is 92.9 Å². The van der Waals surface area contributed by atoms with Gasteiger partial charge in [-0.15, -0.1) is 0 Å². The van der Waals surface area contributed by atoms with Gasteiger partial charge in [-0.25, -0.2) is 0 Å². The molecule has 0 radical (unpaired) electrons. The van der Waals surface area contributed by atoms with E-state index < -0.39 is 0 Å². The molecule has 1 N–H and O–H groups in total. The topological polar surface area (TPSA) is 62.1 Å². The predicted molar refractivity (Wildman–Crippen MR) is 144 cm³/mol. The summed E-state index contributed by atoms with van der Waals surface area (Å²) in [6.45, 7) is 1.00. The molecule has 4 nitrogen and oxygen atoms in total. The Labute approximate surface area is 216 Å². The zero-order chi connectivity index (χ0) is 22.8. The standard InChI is InChI=1S/C26H22I2N2O2/c27-23-15-21(16-24(28)25(23)32-18-20-10-5-2-6-11-20)14-22(17-29)26(31)30-13-7-12-19-8-3-1-4-9-19/h1-6,8-11,14-16H,7,12-13,18H2,(H,30,31)/b22-14-. The average molecular weight is 648 g/mol. The van der Waals surface area contributed by atoms with E-state index >= 15 is 0 Å². The zero-order valence-corrected chi connectivity index (χ0v) is 21.7. The fraction of sp³-hybridized carbons (Fsp3) is 0.154. The first-order valence-electron chi connectivity index (χ1n) is 10.2. The number of aryl methyl sites for hydroxylation is 1. The molecule has 6 heteroatoms. The lowest BCUT2D eigenvalue weighted by Crippen LogP contribution is -2.25. The summed E-state index contributed by atoms with van der Waals surface area (Å²) in [6, 6.07) is 26.0. The molecule has 0 saturated carbocycles. The van der Waals surface area contributed by atoms with E-state index in [-0.39, 0.29) is 11.5 Å². The number of halogens is 2. The minimum atomic E-state index is -0.352. The summed E-state index contributed by atoms with van der Waals surface area (Å²) in [6.07, 6.45) is 3.32. The summed E-state index contributed by atoms with van der Waals surface area (Å²) in [7, 11) is 0. The SMILES string of the molecule is N#C/C(=C/c1cc(I)c(OCc2ccccc2)c(I)c1)C(=O)NCCCc1ccccc1. The molecule has 0 spiro atoms. The molecule has 0 aliphatic carbocycles.